The normalized spacial score (nSPS) is 23.3. The summed E-state index contributed by atoms with van der Waals surface area (Å²) in [7, 11) is 6.03. The van der Waals surface area contributed by atoms with Gasteiger partial charge in [0.05, 0.1) is 13.2 Å². The van der Waals surface area contributed by atoms with Crippen LogP contribution in [0.4, 0.5) is 0 Å². The number of nitrogens with zero attached hydrogens (tertiary/aromatic N) is 2. The summed E-state index contributed by atoms with van der Waals surface area (Å²) in [5.74, 6) is 6.71. The summed E-state index contributed by atoms with van der Waals surface area (Å²) in [6, 6.07) is 8.62. The number of ether oxygens (including phenoxy) is 1. The lowest BCUT2D eigenvalue weighted by atomic mass is 9.98. The SMILES string of the molecule is COc1ccc(C(NN)C2CN(C)CCCN2C)cc1. The Kier molecular flexibility index (Phi) is 5.37. The van der Waals surface area contributed by atoms with E-state index in [1.165, 1.54) is 12.0 Å². The Morgan fingerprint density at radius 2 is 1.95 bits per heavy atom. The minimum atomic E-state index is 0.117. The lowest BCUT2D eigenvalue weighted by molar-refractivity contribution is 0.178. The van der Waals surface area contributed by atoms with Gasteiger partial charge in [-0.3, -0.25) is 11.3 Å². The topological polar surface area (TPSA) is 53.8 Å². The van der Waals surface area contributed by atoms with Crippen molar-refractivity contribution in [2.24, 2.45) is 5.84 Å². The molecule has 1 aliphatic rings. The van der Waals surface area contributed by atoms with Crippen LogP contribution >= 0.6 is 0 Å². The molecule has 2 unspecified atom stereocenters. The highest BCUT2D eigenvalue weighted by Crippen LogP contribution is 2.24. The fourth-order valence-corrected chi connectivity index (χ4v) is 2.91. The minimum Gasteiger partial charge on any atom is -0.497 e. The lowest BCUT2D eigenvalue weighted by Gasteiger charge is -2.34. The zero-order valence-electron chi connectivity index (χ0n) is 12.7. The van der Waals surface area contributed by atoms with Gasteiger partial charge < -0.3 is 14.5 Å². The highest BCUT2D eigenvalue weighted by molar-refractivity contribution is 5.30. The van der Waals surface area contributed by atoms with Crippen LogP contribution in [0.1, 0.15) is 18.0 Å². The smallest absolute Gasteiger partial charge is 0.118 e. The van der Waals surface area contributed by atoms with Crippen LogP contribution in [0.5, 0.6) is 5.75 Å². The van der Waals surface area contributed by atoms with Crippen LogP contribution in [-0.2, 0) is 0 Å². The van der Waals surface area contributed by atoms with Crippen LogP contribution in [-0.4, -0.2) is 56.7 Å². The quantitative estimate of drug-likeness (QED) is 0.631. The second kappa shape index (κ2) is 7.04. The van der Waals surface area contributed by atoms with Crippen molar-refractivity contribution in [3.63, 3.8) is 0 Å². The maximum atomic E-state index is 5.84. The minimum absolute atomic E-state index is 0.117. The van der Waals surface area contributed by atoms with E-state index in [1.807, 2.05) is 12.1 Å². The summed E-state index contributed by atoms with van der Waals surface area (Å²) in [5, 5.41) is 0. The second-order valence-electron chi connectivity index (χ2n) is 5.58. The number of nitrogens with one attached hydrogen (secondary N) is 1. The van der Waals surface area contributed by atoms with E-state index >= 15 is 0 Å². The highest BCUT2D eigenvalue weighted by atomic mass is 16.5. The Balaban J connectivity index is 2.19. The first-order valence-corrected chi connectivity index (χ1v) is 7.14. The molecule has 20 heavy (non-hydrogen) atoms. The number of hydrazine groups is 1. The Morgan fingerprint density at radius 3 is 2.55 bits per heavy atom. The maximum absolute atomic E-state index is 5.84. The van der Waals surface area contributed by atoms with E-state index in [2.05, 4.69) is 41.5 Å². The molecule has 3 N–H and O–H groups in total. The summed E-state index contributed by atoms with van der Waals surface area (Å²) in [5.41, 5.74) is 4.19. The van der Waals surface area contributed by atoms with Crippen molar-refractivity contribution in [2.75, 3.05) is 40.8 Å². The third-order valence-electron chi connectivity index (χ3n) is 4.15. The van der Waals surface area contributed by atoms with Gasteiger partial charge in [-0.1, -0.05) is 12.1 Å². The van der Waals surface area contributed by atoms with Crippen molar-refractivity contribution < 1.29 is 4.74 Å². The standard InChI is InChI=1S/C15H26N4O/c1-18-9-4-10-19(2)14(11-18)15(17-16)12-5-7-13(20-3)8-6-12/h5-8,14-15,17H,4,9-11,16H2,1-3H3. The molecule has 5 heteroatoms. The number of methoxy groups -OCH3 is 1. The Bertz CT molecular complexity index is 409. The molecule has 112 valence electrons. The van der Waals surface area contributed by atoms with Gasteiger partial charge in [0.2, 0.25) is 0 Å². The average molecular weight is 278 g/mol. The van der Waals surface area contributed by atoms with Crippen LogP contribution < -0.4 is 16.0 Å². The van der Waals surface area contributed by atoms with Crippen LogP contribution in [0.2, 0.25) is 0 Å². The van der Waals surface area contributed by atoms with Crippen LogP contribution in [0.25, 0.3) is 0 Å². The molecule has 1 aromatic carbocycles. The number of likely N-dealkylation sites (N-methyl/N-ethyl adjacent to an activating group) is 2. The maximum Gasteiger partial charge on any atom is 0.118 e. The summed E-state index contributed by atoms with van der Waals surface area (Å²) in [6.45, 7) is 3.25. The summed E-state index contributed by atoms with van der Waals surface area (Å²) in [6.07, 6.45) is 1.20. The molecule has 0 radical (unpaired) electrons. The van der Waals surface area contributed by atoms with Gasteiger partial charge in [0.15, 0.2) is 0 Å². The molecule has 0 bridgehead atoms. The van der Waals surface area contributed by atoms with Crippen molar-refractivity contribution in [3.05, 3.63) is 29.8 Å². The third kappa shape index (κ3) is 3.49. The Morgan fingerprint density at radius 1 is 1.25 bits per heavy atom. The van der Waals surface area contributed by atoms with E-state index in [4.69, 9.17) is 10.6 Å². The van der Waals surface area contributed by atoms with Crippen molar-refractivity contribution in [1.82, 2.24) is 15.2 Å². The molecule has 1 aliphatic heterocycles. The molecule has 0 aromatic heterocycles. The van der Waals surface area contributed by atoms with Crippen molar-refractivity contribution in [2.45, 2.75) is 18.5 Å². The number of hydrogen-bond donors (Lipinski definition) is 2. The van der Waals surface area contributed by atoms with Gasteiger partial charge >= 0.3 is 0 Å². The van der Waals surface area contributed by atoms with Crippen LogP contribution in [0.3, 0.4) is 0 Å². The summed E-state index contributed by atoms with van der Waals surface area (Å²) < 4.78 is 5.22. The molecular formula is C15H26N4O. The van der Waals surface area contributed by atoms with Crippen molar-refractivity contribution in [3.8, 4) is 5.75 Å². The van der Waals surface area contributed by atoms with E-state index in [0.717, 1.165) is 25.4 Å². The third-order valence-corrected chi connectivity index (χ3v) is 4.15. The molecule has 0 spiro atoms. The number of benzene rings is 1. The van der Waals surface area contributed by atoms with Crippen LogP contribution in [0, 0.1) is 0 Å². The molecule has 0 aliphatic carbocycles. The first kappa shape index (κ1) is 15.3. The first-order valence-electron chi connectivity index (χ1n) is 7.14. The molecule has 1 aromatic rings. The molecule has 0 saturated carbocycles. The predicted molar refractivity (Wildman–Crippen MR) is 81.6 cm³/mol. The van der Waals surface area contributed by atoms with E-state index in [9.17, 15) is 0 Å². The van der Waals surface area contributed by atoms with Gasteiger partial charge in [-0.2, -0.15) is 0 Å². The Labute approximate surface area is 121 Å². The van der Waals surface area contributed by atoms with Gasteiger partial charge in [-0.15, -0.1) is 0 Å². The molecule has 1 saturated heterocycles. The largest absolute Gasteiger partial charge is 0.497 e. The number of rotatable bonds is 4. The molecule has 2 rings (SSSR count). The van der Waals surface area contributed by atoms with Crippen molar-refractivity contribution >= 4 is 0 Å². The van der Waals surface area contributed by atoms with Crippen molar-refractivity contribution in [1.29, 1.82) is 0 Å². The molecule has 0 amide bonds. The molecule has 2 atom stereocenters. The van der Waals surface area contributed by atoms with Gasteiger partial charge in [0.1, 0.15) is 5.75 Å². The van der Waals surface area contributed by atoms with Gasteiger partial charge in [0, 0.05) is 12.6 Å². The lowest BCUT2D eigenvalue weighted by Crippen LogP contribution is -2.48. The summed E-state index contributed by atoms with van der Waals surface area (Å²) >= 11 is 0. The number of hydrogen-bond acceptors (Lipinski definition) is 5. The van der Waals surface area contributed by atoms with E-state index in [0.29, 0.717) is 6.04 Å². The zero-order valence-corrected chi connectivity index (χ0v) is 12.7. The molecule has 1 fully saturated rings. The monoisotopic (exact) mass is 278 g/mol. The fourth-order valence-electron chi connectivity index (χ4n) is 2.91. The zero-order chi connectivity index (χ0) is 14.5. The van der Waals surface area contributed by atoms with Crippen LogP contribution in [0.15, 0.2) is 24.3 Å². The molecule has 5 nitrogen and oxygen atoms in total. The average Bonchev–Trinajstić information content (AvgIpc) is 2.62. The van der Waals surface area contributed by atoms with E-state index in [1.54, 1.807) is 7.11 Å². The fraction of sp³-hybridized carbons (Fsp3) is 0.600. The van der Waals surface area contributed by atoms with Gasteiger partial charge in [0.25, 0.3) is 0 Å². The second-order valence-corrected chi connectivity index (χ2v) is 5.58. The first-order chi connectivity index (χ1) is 9.65. The Hall–Kier alpha value is -1.14. The molecular weight excluding hydrogens is 252 g/mol. The summed E-state index contributed by atoms with van der Waals surface area (Å²) in [4.78, 5) is 4.78. The highest BCUT2D eigenvalue weighted by Gasteiger charge is 2.28. The van der Waals surface area contributed by atoms with Gasteiger partial charge in [-0.05, 0) is 51.3 Å². The van der Waals surface area contributed by atoms with Gasteiger partial charge in [-0.25, -0.2) is 0 Å². The van der Waals surface area contributed by atoms with E-state index < -0.39 is 0 Å². The van der Waals surface area contributed by atoms with E-state index in [-0.39, 0.29) is 6.04 Å². The molecule has 1 heterocycles. The number of nitrogens with two attached hydrogens (primary N) is 1. The predicted octanol–water partition coefficient (Wildman–Crippen LogP) is 0.836.